The quantitative estimate of drug-likeness (QED) is 0.416. The average Bonchev–Trinajstić information content (AvgIpc) is 3.05. The fraction of sp³-hybridized carbons (Fsp3) is 0.0870. The molecule has 2 heterocycles. The van der Waals surface area contributed by atoms with Gasteiger partial charge >= 0.3 is 0 Å². The highest BCUT2D eigenvalue weighted by molar-refractivity contribution is 6.36. The van der Waals surface area contributed by atoms with Crippen LogP contribution in [0.3, 0.4) is 0 Å². The molecule has 146 valence electrons. The Bertz CT molecular complexity index is 1170. The fourth-order valence-electron chi connectivity index (χ4n) is 3.54. The van der Waals surface area contributed by atoms with E-state index in [1.807, 2.05) is 29.9 Å². The average molecular weight is 427 g/mol. The molecule has 0 bridgehead atoms. The smallest absolute Gasteiger partial charge is 0.123 e. The molecule has 4 aromatic rings. The van der Waals surface area contributed by atoms with Crippen molar-refractivity contribution < 1.29 is 9.50 Å². The minimum atomic E-state index is -0.982. The van der Waals surface area contributed by atoms with Crippen LogP contribution in [-0.4, -0.2) is 14.7 Å². The number of pyridine rings is 1. The molecule has 2 aromatic carbocycles. The molecule has 2 aromatic heterocycles. The van der Waals surface area contributed by atoms with Gasteiger partial charge in [-0.1, -0.05) is 47.5 Å². The van der Waals surface area contributed by atoms with Crippen molar-refractivity contribution in [3.63, 3.8) is 0 Å². The normalized spacial score (nSPS) is 12.2. The Morgan fingerprint density at radius 2 is 1.86 bits per heavy atom. The van der Waals surface area contributed by atoms with Crippen LogP contribution in [-0.2, 0) is 7.05 Å². The predicted molar refractivity (Wildman–Crippen MR) is 115 cm³/mol. The van der Waals surface area contributed by atoms with Crippen LogP contribution in [0.2, 0.25) is 10.0 Å². The Morgan fingerprint density at radius 3 is 2.55 bits per heavy atom. The summed E-state index contributed by atoms with van der Waals surface area (Å²) in [6.07, 6.45) is 4.15. The van der Waals surface area contributed by atoms with E-state index in [1.165, 1.54) is 12.1 Å². The molecule has 1 atom stereocenters. The summed E-state index contributed by atoms with van der Waals surface area (Å²) >= 11 is 12.5. The zero-order chi connectivity index (χ0) is 20.5. The molecule has 0 radical (unpaired) electrons. The van der Waals surface area contributed by atoms with E-state index in [1.54, 1.807) is 42.7 Å². The number of aromatic nitrogens is 2. The Labute approximate surface area is 178 Å². The molecule has 0 amide bonds. The molecule has 1 unspecified atom stereocenters. The van der Waals surface area contributed by atoms with Gasteiger partial charge in [-0.2, -0.15) is 0 Å². The Hall–Kier alpha value is -2.66. The first kappa shape index (κ1) is 19.6. The van der Waals surface area contributed by atoms with Crippen molar-refractivity contribution in [1.29, 1.82) is 0 Å². The van der Waals surface area contributed by atoms with E-state index in [0.717, 1.165) is 11.1 Å². The van der Waals surface area contributed by atoms with Crippen LogP contribution in [0, 0.1) is 5.82 Å². The van der Waals surface area contributed by atoms with Gasteiger partial charge in [0.05, 0.1) is 5.69 Å². The number of hydrogen-bond donors (Lipinski definition) is 1. The van der Waals surface area contributed by atoms with E-state index >= 15 is 0 Å². The zero-order valence-corrected chi connectivity index (χ0v) is 17.0. The minimum absolute atomic E-state index is 0.350. The first-order valence-corrected chi connectivity index (χ1v) is 9.70. The van der Waals surface area contributed by atoms with E-state index in [2.05, 4.69) is 4.98 Å². The summed E-state index contributed by atoms with van der Waals surface area (Å²) in [5, 5.41) is 12.3. The maximum Gasteiger partial charge on any atom is 0.123 e. The monoisotopic (exact) mass is 426 g/mol. The van der Waals surface area contributed by atoms with E-state index < -0.39 is 6.10 Å². The highest BCUT2D eigenvalue weighted by Gasteiger charge is 2.25. The summed E-state index contributed by atoms with van der Waals surface area (Å²) in [4.78, 5) is 4.12. The van der Waals surface area contributed by atoms with E-state index in [4.69, 9.17) is 23.2 Å². The van der Waals surface area contributed by atoms with Gasteiger partial charge in [0, 0.05) is 63.5 Å². The Morgan fingerprint density at radius 1 is 1.03 bits per heavy atom. The van der Waals surface area contributed by atoms with Gasteiger partial charge < -0.3 is 9.67 Å². The van der Waals surface area contributed by atoms with Crippen molar-refractivity contribution in [3.8, 4) is 22.4 Å². The predicted octanol–water partition coefficient (Wildman–Crippen LogP) is 6.28. The van der Waals surface area contributed by atoms with Gasteiger partial charge in [-0.05, 0) is 30.3 Å². The second-order valence-corrected chi connectivity index (χ2v) is 7.58. The van der Waals surface area contributed by atoms with Crippen molar-refractivity contribution in [2.24, 2.45) is 7.05 Å². The summed E-state index contributed by atoms with van der Waals surface area (Å²) in [6.45, 7) is 0. The number of aliphatic hydroxyl groups excluding tert-OH is 1. The third-order valence-electron chi connectivity index (χ3n) is 4.81. The first-order chi connectivity index (χ1) is 14.0. The van der Waals surface area contributed by atoms with Gasteiger partial charge in [-0.15, -0.1) is 0 Å². The van der Waals surface area contributed by atoms with E-state index in [-0.39, 0.29) is 5.82 Å². The van der Waals surface area contributed by atoms with Crippen molar-refractivity contribution in [2.45, 2.75) is 6.10 Å². The van der Waals surface area contributed by atoms with Crippen molar-refractivity contribution in [1.82, 2.24) is 9.55 Å². The van der Waals surface area contributed by atoms with Crippen LogP contribution in [0.5, 0.6) is 0 Å². The number of nitrogens with zero attached hydrogens (tertiary/aromatic N) is 2. The van der Waals surface area contributed by atoms with Gasteiger partial charge in [0.15, 0.2) is 0 Å². The number of halogens is 3. The molecule has 6 heteroatoms. The number of aliphatic hydroxyl groups is 1. The summed E-state index contributed by atoms with van der Waals surface area (Å²) in [5.41, 5.74) is 4.07. The highest BCUT2D eigenvalue weighted by Crippen LogP contribution is 2.42. The van der Waals surface area contributed by atoms with Gasteiger partial charge in [0.25, 0.3) is 0 Å². The number of aryl methyl sites for hydroxylation is 1. The van der Waals surface area contributed by atoms with Crippen molar-refractivity contribution >= 4 is 23.2 Å². The standard InChI is InChI=1S/C23H17Cl2FN2O/c1-28-13-19(18-8-7-16(24)11-20(18)25)21(23(29)15-5-3-9-27-12-15)22(28)14-4-2-6-17(26)10-14/h2-13,23,29H,1H3. The van der Waals surface area contributed by atoms with Crippen LogP contribution >= 0.6 is 23.2 Å². The summed E-state index contributed by atoms with van der Waals surface area (Å²) < 4.78 is 15.8. The van der Waals surface area contributed by atoms with Gasteiger partial charge in [0.2, 0.25) is 0 Å². The molecule has 1 N–H and O–H groups in total. The third kappa shape index (κ3) is 3.79. The van der Waals surface area contributed by atoms with Crippen LogP contribution < -0.4 is 0 Å². The van der Waals surface area contributed by atoms with E-state index in [0.29, 0.717) is 32.4 Å². The molecule has 0 aliphatic heterocycles. The van der Waals surface area contributed by atoms with Crippen LogP contribution in [0.15, 0.2) is 73.2 Å². The minimum Gasteiger partial charge on any atom is -0.383 e. The molecule has 0 spiro atoms. The van der Waals surface area contributed by atoms with Gasteiger partial charge in [0.1, 0.15) is 11.9 Å². The molecular weight excluding hydrogens is 410 g/mol. The topological polar surface area (TPSA) is 38.0 Å². The lowest BCUT2D eigenvalue weighted by atomic mass is 9.93. The van der Waals surface area contributed by atoms with Gasteiger partial charge in [-0.3, -0.25) is 4.98 Å². The third-order valence-corrected chi connectivity index (χ3v) is 5.36. The molecule has 0 fully saturated rings. The zero-order valence-electron chi connectivity index (χ0n) is 15.5. The SMILES string of the molecule is Cn1cc(-c2ccc(Cl)cc2Cl)c(C(O)c2cccnc2)c1-c1cccc(F)c1. The second kappa shape index (κ2) is 7.99. The number of benzene rings is 2. The molecule has 0 saturated carbocycles. The molecule has 4 rings (SSSR count). The largest absolute Gasteiger partial charge is 0.383 e. The lowest BCUT2D eigenvalue weighted by molar-refractivity contribution is 0.221. The lowest BCUT2D eigenvalue weighted by Gasteiger charge is -2.17. The molecule has 0 aliphatic carbocycles. The summed E-state index contributed by atoms with van der Waals surface area (Å²) in [6, 6.07) is 15.1. The summed E-state index contributed by atoms with van der Waals surface area (Å²) in [7, 11) is 1.85. The van der Waals surface area contributed by atoms with Crippen LogP contribution in [0.25, 0.3) is 22.4 Å². The maximum atomic E-state index is 14.0. The highest BCUT2D eigenvalue weighted by atomic mass is 35.5. The Kier molecular flexibility index (Phi) is 5.41. The molecule has 3 nitrogen and oxygen atoms in total. The maximum absolute atomic E-state index is 14.0. The number of hydrogen-bond acceptors (Lipinski definition) is 2. The first-order valence-electron chi connectivity index (χ1n) is 8.94. The van der Waals surface area contributed by atoms with Crippen molar-refractivity contribution in [3.05, 3.63) is 100 Å². The second-order valence-electron chi connectivity index (χ2n) is 6.74. The van der Waals surface area contributed by atoms with Gasteiger partial charge in [-0.25, -0.2) is 4.39 Å². The molecule has 29 heavy (non-hydrogen) atoms. The fourth-order valence-corrected chi connectivity index (χ4v) is 4.05. The van der Waals surface area contributed by atoms with Crippen molar-refractivity contribution in [2.75, 3.05) is 0 Å². The lowest BCUT2D eigenvalue weighted by Crippen LogP contribution is -2.04. The van der Waals surface area contributed by atoms with Crippen LogP contribution in [0.4, 0.5) is 4.39 Å². The summed E-state index contributed by atoms with van der Waals surface area (Å²) in [5.74, 6) is -0.350. The molecule has 0 saturated heterocycles. The number of rotatable bonds is 4. The van der Waals surface area contributed by atoms with E-state index in [9.17, 15) is 9.50 Å². The molecular formula is C23H17Cl2FN2O. The van der Waals surface area contributed by atoms with Crippen LogP contribution in [0.1, 0.15) is 17.2 Å². The Balaban J connectivity index is 2.00. The molecule has 0 aliphatic rings.